The molecule has 78 valence electrons. The molecule has 1 aliphatic heterocycles. The summed E-state index contributed by atoms with van der Waals surface area (Å²) in [6, 6.07) is 0.596. The minimum absolute atomic E-state index is 0.0446. The maximum atomic E-state index is 5.63. The average Bonchev–Trinajstić information content (AvgIpc) is 2.03. The Bertz CT molecular complexity index is 148. The van der Waals surface area contributed by atoms with Gasteiger partial charge in [0.1, 0.15) is 0 Å². The van der Waals surface area contributed by atoms with Crippen molar-refractivity contribution >= 4 is 0 Å². The van der Waals surface area contributed by atoms with Crippen LogP contribution in [0.5, 0.6) is 0 Å². The Kier molecular flexibility index (Phi) is 4.16. The summed E-state index contributed by atoms with van der Waals surface area (Å²) in [5.74, 6) is 0. The average molecular weight is 187 g/mol. The molecular formula is C10H21NO2. The quantitative estimate of drug-likeness (QED) is 0.670. The van der Waals surface area contributed by atoms with Crippen LogP contribution >= 0.6 is 0 Å². The zero-order valence-electron chi connectivity index (χ0n) is 8.93. The molecule has 1 aliphatic rings. The van der Waals surface area contributed by atoms with Crippen molar-refractivity contribution in [1.29, 1.82) is 0 Å². The summed E-state index contributed by atoms with van der Waals surface area (Å²) >= 11 is 0. The molecule has 3 heteroatoms. The van der Waals surface area contributed by atoms with E-state index in [0.717, 1.165) is 32.6 Å². The van der Waals surface area contributed by atoms with E-state index in [4.69, 9.17) is 9.47 Å². The van der Waals surface area contributed by atoms with Crippen LogP contribution in [0.1, 0.15) is 26.7 Å². The molecule has 1 rings (SSSR count). The fraction of sp³-hybridized carbons (Fsp3) is 1.00. The van der Waals surface area contributed by atoms with Crippen molar-refractivity contribution in [2.45, 2.75) is 38.3 Å². The number of rotatable bonds is 4. The lowest BCUT2D eigenvalue weighted by atomic mass is 9.94. The lowest BCUT2D eigenvalue weighted by Gasteiger charge is -2.35. The van der Waals surface area contributed by atoms with Gasteiger partial charge in [0.2, 0.25) is 0 Å². The molecule has 0 spiro atoms. The van der Waals surface area contributed by atoms with Crippen LogP contribution in [-0.4, -0.2) is 38.5 Å². The molecule has 1 N–H and O–H groups in total. The van der Waals surface area contributed by atoms with Gasteiger partial charge in [-0.15, -0.1) is 0 Å². The fourth-order valence-electron chi connectivity index (χ4n) is 1.77. The van der Waals surface area contributed by atoms with E-state index in [0.29, 0.717) is 6.04 Å². The molecule has 0 aliphatic carbocycles. The van der Waals surface area contributed by atoms with Crippen molar-refractivity contribution in [2.24, 2.45) is 0 Å². The maximum Gasteiger partial charge on any atom is 0.0641 e. The molecule has 1 unspecified atom stereocenters. The molecule has 1 fully saturated rings. The molecule has 0 saturated carbocycles. The van der Waals surface area contributed by atoms with Gasteiger partial charge in [0.25, 0.3) is 0 Å². The SMILES string of the molecule is COCCNC1CCOC(C)(C)C1. The Labute approximate surface area is 80.8 Å². The first-order valence-corrected chi connectivity index (χ1v) is 5.00. The van der Waals surface area contributed by atoms with Gasteiger partial charge < -0.3 is 14.8 Å². The fourth-order valence-corrected chi connectivity index (χ4v) is 1.77. The van der Waals surface area contributed by atoms with Crippen molar-refractivity contribution in [2.75, 3.05) is 26.9 Å². The summed E-state index contributed by atoms with van der Waals surface area (Å²) < 4.78 is 10.6. The molecule has 1 heterocycles. The Hall–Kier alpha value is -0.120. The topological polar surface area (TPSA) is 30.5 Å². The summed E-state index contributed by atoms with van der Waals surface area (Å²) in [6.07, 6.45) is 2.21. The van der Waals surface area contributed by atoms with Crippen LogP contribution in [0.3, 0.4) is 0 Å². The monoisotopic (exact) mass is 187 g/mol. The van der Waals surface area contributed by atoms with E-state index in [1.54, 1.807) is 7.11 Å². The molecule has 0 aromatic heterocycles. The van der Waals surface area contributed by atoms with Gasteiger partial charge >= 0.3 is 0 Å². The molecule has 0 aromatic carbocycles. The van der Waals surface area contributed by atoms with E-state index in [-0.39, 0.29) is 5.60 Å². The van der Waals surface area contributed by atoms with Crippen molar-refractivity contribution in [3.8, 4) is 0 Å². The standard InChI is InChI=1S/C10H21NO2/c1-10(2)8-9(4-6-13-10)11-5-7-12-3/h9,11H,4-8H2,1-3H3. The molecule has 1 atom stereocenters. The summed E-state index contributed by atoms with van der Waals surface area (Å²) in [5, 5.41) is 3.47. The second-order valence-corrected chi connectivity index (χ2v) is 4.24. The normalized spacial score (nSPS) is 27.5. The Morgan fingerprint density at radius 3 is 2.92 bits per heavy atom. The Morgan fingerprint density at radius 2 is 2.31 bits per heavy atom. The predicted molar refractivity (Wildman–Crippen MR) is 52.9 cm³/mol. The van der Waals surface area contributed by atoms with Crippen molar-refractivity contribution in [1.82, 2.24) is 5.32 Å². The van der Waals surface area contributed by atoms with Crippen LogP contribution in [-0.2, 0) is 9.47 Å². The minimum Gasteiger partial charge on any atom is -0.383 e. The highest BCUT2D eigenvalue weighted by Crippen LogP contribution is 2.23. The van der Waals surface area contributed by atoms with Gasteiger partial charge in [-0.3, -0.25) is 0 Å². The number of nitrogens with one attached hydrogen (secondary N) is 1. The lowest BCUT2D eigenvalue weighted by molar-refractivity contribution is -0.0632. The number of ether oxygens (including phenoxy) is 2. The third-order valence-corrected chi connectivity index (χ3v) is 2.44. The van der Waals surface area contributed by atoms with Gasteiger partial charge in [0.05, 0.1) is 12.2 Å². The lowest BCUT2D eigenvalue weighted by Crippen LogP contribution is -2.44. The van der Waals surface area contributed by atoms with Crippen LogP contribution in [0.2, 0.25) is 0 Å². The molecule has 3 nitrogen and oxygen atoms in total. The first-order valence-electron chi connectivity index (χ1n) is 5.00. The highest BCUT2D eigenvalue weighted by Gasteiger charge is 2.28. The predicted octanol–water partition coefficient (Wildman–Crippen LogP) is 1.18. The number of hydrogen-bond donors (Lipinski definition) is 1. The highest BCUT2D eigenvalue weighted by atomic mass is 16.5. The van der Waals surface area contributed by atoms with E-state index in [1.165, 1.54) is 0 Å². The highest BCUT2D eigenvalue weighted by molar-refractivity contribution is 4.82. The first-order chi connectivity index (χ1) is 6.14. The number of methoxy groups -OCH3 is 1. The van der Waals surface area contributed by atoms with Gasteiger partial charge in [-0.1, -0.05) is 0 Å². The Morgan fingerprint density at radius 1 is 1.54 bits per heavy atom. The molecule has 0 radical (unpaired) electrons. The largest absolute Gasteiger partial charge is 0.383 e. The third-order valence-electron chi connectivity index (χ3n) is 2.44. The van der Waals surface area contributed by atoms with Crippen molar-refractivity contribution in [3.63, 3.8) is 0 Å². The van der Waals surface area contributed by atoms with Crippen LogP contribution in [0.25, 0.3) is 0 Å². The molecule has 0 aromatic rings. The second-order valence-electron chi connectivity index (χ2n) is 4.24. The van der Waals surface area contributed by atoms with E-state index >= 15 is 0 Å². The summed E-state index contributed by atoms with van der Waals surface area (Å²) in [6.45, 7) is 6.90. The summed E-state index contributed by atoms with van der Waals surface area (Å²) in [5.41, 5.74) is 0.0446. The minimum atomic E-state index is 0.0446. The molecule has 1 saturated heterocycles. The maximum absolute atomic E-state index is 5.63. The van der Waals surface area contributed by atoms with Crippen LogP contribution in [0, 0.1) is 0 Å². The molecule has 0 amide bonds. The second kappa shape index (κ2) is 4.94. The van der Waals surface area contributed by atoms with E-state index < -0.39 is 0 Å². The van der Waals surface area contributed by atoms with Gasteiger partial charge in [-0.2, -0.15) is 0 Å². The first kappa shape index (κ1) is 11.0. The van der Waals surface area contributed by atoms with E-state index in [9.17, 15) is 0 Å². The van der Waals surface area contributed by atoms with Gasteiger partial charge in [0.15, 0.2) is 0 Å². The van der Waals surface area contributed by atoms with Crippen molar-refractivity contribution < 1.29 is 9.47 Å². The number of hydrogen-bond acceptors (Lipinski definition) is 3. The van der Waals surface area contributed by atoms with Crippen LogP contribution < -0.4 is 5.32 Å². The summed E-state index contributed by atoms with van der Waals surface area (Å²) in [7, 11) is 1.73. The third kappa shape index (κ3) is 4.07. The van der Waals surface area contributed by atoms with Gasteiger partial charge in [-0.25, -0.2) is 0 Å². The van der Waals surface area contributed by atoms with E-state index in [2.05, 4.69) is 19.2 Å². The van der Waals surface area contributed by atoms with Gasteiger partial charge in [0, 0.05) is 26.3 Å². The zero-order valence-corrected chi connectivity index (χ0v) is 8.93. The zero-order chi connectivity index (χ0) is 9.73. The van der Waals surface area contributed by atoms with Crippen molar-refractivity contribution in [3.05, 3.63) is 0 Å². The molecular weight excluding hydrogens is 166 g/mol. The smallest absolute Gasteiger partial charge is 0.0641 e. The van der Waals surface area contributed by atoms with E-state index in [1.807, 2.05) is 0 Å². The molecule has 13 heavy (non-hydrogen) atoms. The van der Waals surface area contributed by atoms with Crippen LogP contribution in [0.15, 0.2) is 0 Å². The van der Waals surface area contributed by atoms with Gasteiger partial charge in [-0.05, 0) is 26.7 Å². The Balaban J connectivity index is 2.19. The summed E-state index contributed by atoms with van der Waals surface area (Å²) in [4.78, 5) is 0. The van der Waals surface area contributed by atoms with Crippen LogP contribution in [0.4, 0.5) is 0 Å². The molecule has 0 bridgehead atoms.